The molecule has 8 nitrogen and oxygen atoms in total. The summed E-state index contributed by atoms with van der Waals surface area (Å²) in [7, 11) is 3.13. The van der Waals surface area contributed by atoms with E-state index in [2.05, 4.69) is 15.5 Å². The minimum Gasteiger partial charge on any atom is -0.497 e. The van der Waals surface area contributed by atoms with Crippen LogP contribution in [0.3, 0.4) is 0 Å². The van der Waals surface area contributed by atoms with Gasteiger partial charge in [-0.2, -0.15) is 0 Å². The van der Waals surface area contributed by atoms with Gasteiger partial charge in [-0.05, 0) is 24.3 Å². The number of ether oxygens (including phenoxy) is 2. The average molecular weight is 387 g/mol. The van der Waals surface area contributed by atoms with Crippen LogP contribution in [-0.4, -0.2) is 45.4 Å². The van der Waals surface area contributed by atoms with Crippen LogP contribution >= 0.6 is 11.8 Å². The lowest BCUT2D eigenvalue weighted by Gasteiger charge is -2.12. The molecule has 0 aliphatic rings. The smallest absolute Gasteiger partial charge is 0.234 e. The molecule has 0 radical (unpaired) electrons. The van der Waals surface area contributed by atoms with E-state index in [-0.39, 0.29) is 11.7 Å². The SMILES string of the molecule is CCc1nnc(SCC(=O)Nc2cc(OC)ccc2OC)n1-n1cccc1. The third kappa shape index (κ3) is 4.25. The first-order valence-corrected chi connectivity index (χ1v) is 9.37. The van der Waals surface area contributed by atoms with Crippen LogP contribution in [0, 0.1) is 0 Å². The number of carbonyl (C=O) groups excluding carboxylic acids is 1. The number of rotatable bonds is 8. The largest absolute Gasteiger partial charge is 0.497 e. The molecule has 0 unspecified atom stereocenters. The van der Waals surface area contributed by atoms with Crippen LogP contribution in [0.2, 0.25) is 0 Å². The molecule has 0 aliphatic heterocycles. The van der Waals surface area contributed by atoms with Gasteiger partial charge in [0.15, 0.2) is 5.82 Å². The second kappa shape index (κ2) is 8.63. The van der Waals surface area contributed by atoms with Crippen LogP contribution in [0.5, 0.6) is 11.5 Å². The van der Waals surface area contributed by atoms with Crippen molar-refractivity contribution in [1.29, 1.82) is 0 Å². The van der Waals surface area contributed by atoms with E-state index in [4.69, 9.17) is 9.47 Å². The molecule has 27 heavy (non-hydrogen) atoms. The lowest BCUT2D eigenvalue weighted by atomic mass is 10.2. The van der Waals surface area contributed by atoms with Crippen LogP contribution in [0.4, 0.5) is 5.69 Å². The van der Waals surface area contributed by atoms with E-state index in [1.54, 1.807) is 32.4 Å². The van der Waals surface area contributed by atoms with Gasteiger partial charge in [-0.1, -0.05) is 18.7 Å². The molecule has 0 spiro atoms. The molecule has 1 amide bonds. The Labute approximate surface area is 161 Å². The van der Waals surface area contributed by atoms with E-state index in [0.29, 0.717) is 22.3 Å². The third-order valence-corrected chi connectivity index (χ3v) is 4.74. The number of nitrogens with zero attached hydrogens (tertiary/aromatic N) is 4. The van der Waals surface area contributed by atoms with Crippen molar-refractivity contribution >= 4 is 23.4 Å². The van der Waals surface area contributed by atoms with E-state index >= 15 is 0 Å². The molecular weight excluding hydrogens is 366 g/mol. The first kappa shape index (κ1) is 18.8. The predicted molar refractivity (Wildman–Crippen MR) is 104 cm³/mol. The summed E-state index contributed by atoms with van der Waals surface area (Å²) in [4.78, 5) is 12.4. The molecule has 142 valence electrons. The Hall–Kier alpha value is -2.94. The summed E-state index contributed by atoms with van der Waals surface area (Å²) in [5.74, 6) is 2.04. The van der Waals surface area contributed by atoms with Crippen molar-refractivity contribution in [3.63, 3.8) is 0 Å². The number of aromatic nitrogens is 4. The molecule has 2 aromatic heterocycles. The molecular formula is C18H21N5O3S. The van der Waals surface area contributed by atoms with Gasteiger partial charge in [-0.25, -0.2) is 4.68 Å². The molecule has 2 heterocycles. The van der Waals surface area contributed by atoms with Crippen molar-refractivity contribution in [2.24, 2.45) is 0 Å². The predicted octanol–water partition coefficient (Wildman–Crippen LogP) is 2.70. The minimum absolute atomic E-state index is 0.174. The zero-order valence-electron chi connectivity index (χ0n) is 15.4. The molecule has 0 saturated heterocycles. The molecule has 0 aliphatic carbocycles. The Balaban J connectivity index is 1.71. The fourth-order valence-electron chi connectivity index (χ4n) is 2.53. The van der Waals surface area contributed by atoms with Gasteiger partial charge in [0, 0.05) is 24.9 Å². The standard InChI is InChI=1S/C18H21N5O3S/c1-4-16-20-21-18(23(16)22-9-5-6-10-22)27-12-17(24)19-14-11-13(25-2)7-8-15(14)26-3/h5-11H,4,12H2,1-3H3,(H,19,24). The Kier molecular flexibility index (Phi) is 6.02. The number of hydrogen-bond donors (Lipinski definition) is 1. The van der Waals surface area contributed by atoms with Gasteiger partial charge in [0.05, 0.1) is 25.7 Å². The van der Waals surface area contributed by atoms with Gasteiger partial charge < -0.3 is 14.8 Å². The molecule has 3 rings (SSSR count). The summed E-state index contributed by atoms with van der Waals surface area (Å²) < 4.78 is 14.3. The summed E-state index contributed by atoms with van der Waals surface area (Å²) in [6, 6.07) is 9.09. The second-order valence-corrected chi connectivity index (χ2v) is 6.47. The number of benzene rings is 1. The van der Waals surface area contributed by atoms with Gasteiger partial charge in [-0.15, -0.1) is 10.2 Å². The van der Waals surface area contributed by atoms with E-state index in [0.717, 1.165) is 12.2 Å². The number of aryl methyl sites for hydroxylation is 1. The fourth-order valence-corrected chi connectivity index (χ4v) is 3.28. The highest BCUT2D eigenvalue weighted by Gasteiger charge is 2.15. The highest BCUT2D eigenvalue weighted by molar-refractivity contribution is 7.99. The zero-order valence-corrected chi connectivity index (χ0v) is 16.2. The molecule has 9 heteroatoms. The third-order valence-electron chi connectivity index (χ3n) is 3.83. The topological polar surface area (TPSA) is 83.2 Å². The van der Waals surface area contributed by atoms with E-state index in [1.165, 1.54) is 11.8 Å². The molecule has 0 atom stereocenters. The van der Waals surface area contributed by atoms with Crippen LogP contribution < -0.4 is 14.8 Å². The number of nitrogens with one attached hydrogen (secondary N) is 1. The van der Waals surface area contributed by atoms with E-state index in [9.17, 15) is 4.79 Å². The monoisotopic (exact) mass is 387 g/mol. The maximum absolute atomic E-state index is 12.4. The summed E-state index contributed by atoms with van der Waals surface area (Å²) >= 11 is 1.32. The Morgan fingerprint density at radius 1 is 1.19 bits per heavy atom. The Morgan fingerprint density at radius 3 is 2.63 bits per heavy atom. The van der Waals surface area contributed by atoms with Crippen molar-refractivity contribution in [1.82, 2.24) is 19.5 Å². The van der Waals surface area contributed by atoms with Crippen LogP contribution in [-0.2, 0) is 11.2 Å². The van der Waals surface area contributed by atoms with Crippen LogP contribution in [0.1, 0.15) is 12.7 Å². The maximum atomic E-state index is 12.4. The van der Waals surface area contributed by atoms with Crippen molar-refractivity contribution in [3.05, 3.63) is 48.5 Å². The molecule has 1 aromatic carbocycles. The minimum atomic E-state index is -0.174. The molecule has 0 fully saturated rings. The highest BCUT2D eigenvalue weighted by Crippen LogP contribution is 2.29. The first-order chi connectivity index (χ1) is 13.2. The highest BCUT2D eigenvalue weighted by atomic mass is 32.2. The quantitative estimate of drug-likeness (QED) is 0.599. The summed E-state index contributed by atoms with van der Waals surface area (Å²) in [6.07, 6.45) is 4.56. The van der Waals surface area contributed by atoms with Gasteiger partial charge in [0.2, 0.25) is 11.1 Å². The van der Waals surface area contributed by atoms with E-state index < -0.39 is 0 Å². The Bertz CT molecular complexity index is 908. The van der Waals surface area contributed by atoms with Gasteiger partial charge >= 0.3 is 0 Å². The van der Waals surface area contributed by atoms with Gasteiger partial charge in [0.1, 0.15) is 11.5 Å². The van der Waals surface area contributed by atoms with Gasteiger partial charge in [0.25, 0.3) is 0 Å². The fraction of sp³-hybridized carbons (Fsp3) is 0.278. The second-order valence-electron chi connectivity index (χ2n) is 5.53. The van der Waals surface area contributed by atoms with Crippen molar-refractivity contribution < 1.29 is 14.3 Å². The lowest BCUT2D eigenvalue weighted by Crippen LogP contribution is -2.16. The summed E-state index contributed by atoms with van der Waals surface area (Å²) in [6.45, 7) is 2.01. The number of thioether (sulfide) groups is 1. The zero-order chi connectivity index (χ0) is 19.2. The normalized spacial score (nSPS) is 10.6. The Morgan fingerprint density at radius 2 is 1.96 bits per heavy atom. The summed E-state index contributed by atoms with van der Waals surface area (Å²) in [5, 5.41) is 11.9. The average Bonchev–Trinajstić information content (AvgIpc) is 3.35. The van der Waals surface area contributed by atoms with Crippen molar-refractivity contribution in [2.75, 3.05) is 25.3 Å². The molecule has 3 aromatic rings. The van der Waals surface area contributed by atoms with Crippen LogP contribution in [0.15, 0.2) is 47.9 Å². The summed E-state index contributed by atoms with van der Waals surface area (Å²) in [5.41, 5.74) is 0.559. The first-order valence-electron chi connectivity index (χ1n) is 8.38. The van der Waals surface area contributed by atoms with Gasteiger partial charge in [-0.3, -0.25) is 9.47 Å². The number of hydrogen-bond acceptors (Lipinski definition) is 6. The number of methoxy groups -OCH3 is 2. The van der Waals surface area contributed by atoms with E-state index in [1.807, 2.05) is 40.8 Å². The molecule has 1 N–H and O–H groups in total. The maximum Gasteiger partial charge on any atom is 0.234 e. The number of anilines is 1. The molecule has 0 bridgehead atoms. The van der Waals surface area contributed by atoms with Crippen LogP contribution in [0.25, 0.3) is 0 Å². The lowest BCUT2D eigenvalue weighted by molar-refractivity contribution is -0.113. The number of amides is 1. The van der Waals surface area contributed by atoms with Crippen molar-refractivity contribution in [2.45, 2.75) is 18.5 Å². The van der Waals surface area contributed by atoms with Crippen molar-refractivity contribution in [3.8, 4) is 11.5 Å². The number of carbonyl (C=O) groups is 1. The molecule has 0 saturated carbocycles.